The van der Waals surface area contributed by atoms with Crippen molar-refractivity contribution in [1.29, 1.82) is 0 Å². The molecule has 0 amide bonds. The van der Waals surface area contributed by atoms with E-state index in [1.165, 1.54) is 83.1 Å². The average Bonchev–Trinajstić information content (AvgIpc) is 3.79. The van der Waals surface area contributed by atoms with Crippen LogP contribution in [0.4, 0.5) is 17.1 Å². The lowest BCUT2D eigenvalue weighted by atomic mass is 9.67. The van der Waals surface area contributed by atoms with Gasteiger partial charge in [-0.15, -0.1) is 0 Å². The van der Waals surface area contributed by atoms with Crippen LogP contribution in [0.1, 0.15) is 45.9 Å². The molecule has 0 saturated heterocycles. The molecule has 0 saturated carbocycles. The molecule has 2 aliphatic carbocycles. The number of hydrogen-bond acceptors (Lipinski definition) is 1. The van der Waals surface area contributed by atoms with Gasteiger partial charge in [-0.2, -0.15) is 0 Å². The predicted octanol–water partition coefficient (Wildman–Crippen LogP) is 15.7. The highest BCUT2D eigenvalue weighted by Crippen LogP contribution is 2.57. The molecule has 0 N–H and O–H groups in total. The molecule has 12 rings (SSSR count). The summed E-state index contributed by atoms with van der Waals surface area (Å²) in [5.74, 6) is 0. The van der Waals surface area contributed by atoms with E-state index in [0.717, 1.165) is 17.1 Å². The van der Waals surface area contributed by atoms with Gasteiger partial charge in [-0.1, -0.05) is 206 Å². The Morgan fingerprint density at radius 3 is 1.53 bits per heavy atom. The van der Waals surface area contributed by atoms with E-state index in [0.29, 0.717) is 0 Å². The summed E-state index contributed by atoms with van der Waals surface area (Å²) in [6, 6.07) is 89.9. The lowest BCUT2D eigenvalue weighted by Gasteiger charge is -2.34. The molecule has 0 fully saturated rings. The second-order valence-corrected chi connectivity index (χ2v) is 16.9. The fraction of sp³-hybridized carbons (Fsp3) is 0.0492. The first-order chi connectivity index (χ1) is 30.6. The highest BCUT2D eigenvalue weighted by atomic mass is 15.1. The zero-order valence-corrected chi connectivity index (χ0v) is 34.5. The zero-order chi connectivity index (χ0) is 41.3. The summed E-state index contributed by atoms with van der Waals surface area (Å²) in [5.41, 5.74) is 19.4. The Labute approximate surface area is 363 Å². The molecule has 2 aliphatic rings. The number of anilines is 3. The van der Waals surface area contributed by atoms with E-state index in [-0.39, 0.29) is 5.41 Å². The third-order valence-electron chi connectivity index (χ3n) is 13.8. The molecule has 0 radical (unpaired) electrons. The van der Waals surface area contributed by atoms with E-state index < -0.39 is 5.41 Å². The van der Waals surface area contributed by atoms with Gasteiger partial charge in [-0.3, -0.25) is 0 Å². The maximum Gasteiger partial charge on any atom is 0.0713 e. The van der Waals surface area contributed by atoms with Gasteiger partial charge < -0.3 is 4.90 Å². The van der Waals surface area contributed by atoms with Gasteiger partial charge in [-0.05, 0) is 121 Å². The van der Waals surface area contributed by atoms with Crippen molar-refractivity contribution in [3.05, 3.63) is 282 Å². The first kappa shape index (κ1) is 36.1. The highest BCUT2D eigenvalue weighted by Gasteiger charge is 2.46. The minimum absolute atomic E-state index is 0.306. The van der Waals surface area contributed by atoms with Crippen LogP contribution in [-0.2, 0) is 10.8 Å². The van der Waals surface area contributed by atoms with Crippen LogP contribution in [0, 0.1) is 0 Å². The molecular formula is C61H43N. The van der Waals surface area contributed by atoms with Gasteiger partial charge in [0, 0.05) is 22.2 Å². The van der Waals surface area contributed by atoms with Crippen molar-refractivity contribution in [3.8, 4) is 33.4 Å². The monoisotopic (exact) mass is 789 g/mol. The number of benzene rings is 10. The molecule has 0 aliphatic heterocycles. The molecule has 292 valence electrons. The maximum absolute atomic E-state index is 2.45. The number of hydrogen-bond donors (Lipinski definition) is 0. The van der Waals surface area contributed by atoms with E-state index in [9.17, 15) is 0 Å². The first-order valence-corrected chi connectivity index (χ1v) is 21.7. The van der Waals surface area contributed by atoms with E-state index in [1.807, 2.05) is 0 Å². The molecule has 1 atom stereocenters. The molecule has 0 aromatic heterocycles. The Morgan fingerprint density at radius 1 is 0.323 bits per heavy atom. The van der Waals surface area contributed by atoms with Gasteiger partial charge in [0.25, 0.3) is 0 Å². The summed E-state index contributed by atoms with van der Waals surface area (Å²) in [6.07, 6.45) is 0. The second kappa shape index (κ2) is 14.2. The summed E-state index contributed by atoms with van der Waals surface area (Å²) in [6.45, 7) is 2.40. The van der Waals surface area contributed by atoms with Crippen LogP contribution in [-0.4, -0.2) is 0 Å². The van der Waals surface area contributed by atoms with Crippen LogP contribution < -0.4 is 4.90 Å². The van der Waals surface area contributed by atoms with E-state index in [2.05, 4.69) is 254 Å². The minimum Gasteiger partial charge on any atom is -0.310 e. The lowest BCUT2D eigenvalue weighted by molar-refractivity contribution is 0.714. The molecule has 1 nitrogen and oxygen atoms in total. The highest BCUT2D eigenvalue weighted by molar-refractivity contribution is 6.00. The molecular weight excluding hydrogens is 747 g/mol. The van der Waals surface area contributed by atoms with Crippen LogP contribution in [0.3, 0.4) is 0 Å². The lowest BCUT2D eigenvalue weighted by Crippen LogP contribution is -2.28. The topological polar surface area (TPSA) is 3.24 Å². The second-order valence-electron chi connectivity index (χ2n) is 16.9. The van der Waals surface area contributed by atoms with Crippen molar-refractivity contribution in [1.82, 2.24) is 0 Å². The van der Waals surface area contributed by atoms with Gasteiger partial charge in [0.15, 0.2) is 0 Å². The van der Waals surface area contributed by atoms with E-state index >= 15 is 0 Å². The normalized spacial score (nSPS) is 15.4. The van der Waals surface area contributed by atoms with Crippen molar-refractivity contribution in [2.75, 3.05) is 4.90 Å². The Bertz CT molecular complexity index is 3250. The van der Waals surface area contributed by atoms with Gasteiger partial charge in [-0.25, -0.2) is 0 Å². The Balaban J connectivity index is 1.02. The van der Waals surface area contributed by atoms with Crippen LogP contribution in [0.15, 0.2) is 243 Å². The Hall–Kier alpha value is -7.74. The van der Waals surface area contributed by atoms with Gasteiger partial charge in [0.05, 0.1) is 11.1 Å². The van der Waals surface area contributed by atoms with Gasteiger partial charge >= 0.3 is 0 Å². The molecule has 62 heavy (non-hydrogen) atoms. The third-order valence-corrected chi connectivity index (χ3v) is 13.8. The van der Waals surface area contributed by atoms with Crippen molar-refractivity contribution in [3.63, 3.8) is 0 Å². The van der Waals surface area contributed by atoms with Crippen molar-refractivity contribution in [2.24, 2.45) is 0 Å². The van der Waals surface area contributed by atoms with Crippen LogP contribution >= 0.6 is 0 Å². The summed E-state index contributed by atoms with van der Waals surface area (Å²) < 4.78 is 0. The smallest absolute Gasteiger partial charge is 0.0713 e. The molecule has 0 spiro atoms. The fourth-order valence-electron chi connectivity index (χ4n) is 11.0. The van der Waals surface area contributed by atoms with Crippen molar-refractivity contribution < 1.29 is 0 Å². The summed E-state index contributed by atoms with van der Waals surface area (Å²) in [7, 11) is 0. The largest absolute Gasteiger partial charge is 0.310 e. The summed E-state index contributed by atoms with van der Waals surface area (Å²) >= 11 is 0. The van der Waals surface area contributed by atoms with Crippen molar-refractivity contribution >= 4 is 27.8 Å². The molecule has 1 heteroatoms. The van der Waals surface area contributed by atoms with Gasteiger partial charge in [0.2, 0.25) is 0 Å². The number of nitrogens with zero attached hydrogens (tertiary/aromatic N) is 1. The standard InChI is InChI=1S/C61H43N/c1-60(45-20-5-2-6-21-45)55-29-15-13-27-51(55)53-39-37-49(41-57(53)60)62(59-31-17-19-43-18-11-12-26-50(43)59)48-35-32-42(33-36-48)44-34-38-54-52-28-14-16-30-56(52)61(58(54)40-44,46-22-7-3-8-23-46)47-24-9-4-10-25-47/h2-41H,1H3. The minimum atomic E-state index is -0.447. The average molecular weight is 790 g/mol. The van der Waals surface area contributed by atoms with Gasteiger partial charge in [0.1, 0.15) is 0 Å². The summed E-state index contributed by atoms with van der Waals surface area (Å²) in [4.78, 5) is 2.45. The Morgan fingerprint density at radius 2 is 0.823 bits per heavy atom. The van der Waals surface area contributed by atoms with E-state index in [4.69, 9.17) is 0 Å². The SMILES string of the molecule is CC1(c2ccccc2)c2ccccc2-c2ccc(N(c3ccc(-c4ccc5c(c4)C(c4ccccc4)(c4ccccc4)c4ccccc4-5)cc3)c3cccc4ccccc34)cc21. The predicted molar refractivity (Wildman–Crippen MR) is 259 cm³/mol. The first-order valence-electron chi connectivity index (χ1n) is 21.7. The van der Waals surface area contributed by atoms with Crippen molar-refractivity contribution in [2.45, 2.75) is 17.8 Å². The number of rotatable bonds is 7. The quantitative estimate of drug-likeness (QED) is 0.155. The molecule has 10 aromatic rings. The van der Waals surface area contributed by atoms with Crippen LogP contribution in [0.25, 0.3) is 44.2 Å². The number of fused-ring (bicyclic) bond motifs is 7. The van der Waals surface area contributed by atoms with E-state index in [1.54, 1.807) is 0 Å². The Kier molecular flexibility index (Phi) is 8.27. The summed E-state index contributed by atoms with van der Waals surface area (Å²) in [5, 5.41) is 2.43. The third kappa shape index (κ3) is 5.28. The van der Waals surface area contributed by atoms with Crippen LogP contribution in [0.2, 0.25) is 0 Å². The molecule has 1 unspecified atom stereocenters. The molecule has 0 bridgehead atoms. The molecule has 10 aromatic carbocycles. The fourth-order valence-corrected chi connectivity index (χ4v) is 11.0. The maximum atomic E-state index is 2.45. The zero-order valence-electron chi connectivity index (χ0n) is 34.5. The molecule has 0 heterocycles. The van der Waals surface area contributed by atoms with Crippen LogP contribution in [0.5, 0.6) is 0 Å².